The van der Waals surface area contributed by atoms with Gasteiger partial charge in [0.2, 0.25) is 0 Å². The van der Waals surface area contributed by atoms with Crippen LogP contribution in [0.3, 0.4) is 0 Å². The summed E-state index contributed by atoms with van der Waals surface area (Å²) in [7, 11) is 0. The number of halogens is 1. The van der Waals surface area contributed by atoms with Crippen molar-refractivity contribution in [3.8, 4) is 0 Å². The zero-order valence-electron chi connectivity index (χ0n) is 8.52. The fraction of sp³-hybridized carbons (Fsp3) is 0.500. The van der Waals surface area contributed by atoms with Crippen LogP contribution < -0.4 is 5.32 Å². The van der Waals surface area contributed by atoms with E-state index in [0.29, 0.717) is 0 Å². The molecule has 0 saturated heterocycles. The minimum absolute atomic E-state index is 0.140. The fourth-order valence-corrected chi connectivity index (χ4v) is 1.56. The van der Waals surface area contributed by atoms with Crippen molar-refractivity contribution >= 4 is 0 Å². The summed E-state index contributed by atoms with van der Waals surface area (Å²) in [6.07, 6.45) is 2.71. The number of nitrogens with one attached hydrogen (secondary N) is 1. The maximum atomic E-state index is 12.9. The van der Waals surface area contributed by atoms with Gasteiger partial charge in [-0.05, 0) is 55.5 Å². The second kappa shape index (κ2) is 4.09. The molecule has 0 bridgehead atoms. The average molecular weight is 193 g/mol. The normalized spacial score (nSPS) is 15.9. The number of hydrogen-bond donors (Lipinski definition) is 1. The Hall–Kier alpha value is -0.890. The number of hydrogen-bond acceptors (Lipinski definition) is 1. The van der Waals surface area contributed by atoms with Crippen molar-refractivity contribution in [1.29, 1.82) is 0 Å². The number of aryl methyl sites for hydroxylation is 1. The summed E-state index contributed by atoms with van der Waals surface area (Å²) >= 11 is 0. The molecule has 2 rings (SSSR count). The van der Waals surface area contributed by atoms with E-state index in [1.165, 1.54) is 18.9 Å². The van der Waals surface area contributed by atoms with Gasteiger partial charge < -0.3 is 5.32 Å². The highest BCUT2D eigenvalue weighted by atomic mass is 19.1. The maximum absolute atomic E-state index is 12.9. The van der Waals surface area contributed by atoms with Gasteiger partial charge in [0.1, 0.15) is 5.82 Å². The van der Waals surface area contributed by atoms with E-state index in [9.17, 15) is 4.39 Å². The monoisotopic (exact) mass is 193 g/mol. The van der Waals surface area contributed by atoms with Crippen molar-refractivity contribution in [2.24, 2.45) is 5.92 Å². The van der Waals surface area contributed by atoms with Gasteiger partial charge in [0, 0.05) is 6.54 Å². The van der Waals surface area contributed by atoms with Crippen LogP contribution in [0.5, 0.6) is 0 Å². The van der Waals surface area contributed by atoms with Crippen molar-refractivity contribution in [3.05, 3.63) is 35.1 Å². The van der Waals surface area contributed by atoms with Crippen LogP contribution in [0.1, 0.15) is 24.0 Å². The lowest BCUT2D eigenvalue weighted by Gasteiger charge is -2.07. The molecule has 1 aliphatic carbocycles. The zero-order valence-corrected chi connectivity index (χ0v) is 8.52. The van der Waals surface area contributed by atoms with E-state index >= 15 is 0 Å². The molecule has 1 N–H and O–H groups in total. The van der Waals surface area contributed by atoms with Gasteiger partial charge in [-0.3, -0.25) is 0 Å². The van der Waals surface area contributed by atoms with Crippen LogP contribution in [0.25, 0.3) is 0 Å². The molecule has 1 aliphatic rings. The van der Waals surface area contributed by atoms with Gasteiger partial charge in [-0.15, -0.1) is 0 Å². The Morgan fingerprint density at radius 3 is 2.93 bits per heavy atom. The molecule has 0 radical (unpaired) electrons. The molecule has 14 heavy (non-hydrogen) atoms. The summed E-state index contributed by atoms with van der Waals surface area (Å²) in [5.41, 5.74) is 2.24. The molecule has 76 valence electrons. The molecule has 0 atom stereocenters. The van der Waals surface area contributed by atoms with Crippen molar-refractivity contribution in [3.63, 3.8) is 0 Å². The first kappa shape index (κ1) is 9.66. The van der Waals surface area contributed by atoms with Crippen molar-refractivity contribution < 1.29 is 4.39 Å². The smallest absolute Gasteiger partial charge is 0.123 e. The summed E-state index contributed by atoms with van der Waals surface area (Å²) in [5, 5.41) is 3.36. The molecule has 0 spiro atoms. The molecular formula is C12H16FN. The van der Waals surface area contributed by atoms with E-state index in [1.54, 1.807) is 6.07 Å². The predicted molar refractivity (Wildman–Crippen MR) is 55.6 cm³/mol. The third-order valence-electron chi connectivity index (χ3n) is 2.76. The summed E-state index contributed by atoms with van der Waals surface area (Å²) in [4.78, 5) is 0. The molecule has 1 nitrogen and oxygen atoms in total. The van der Waals surface area contributed by atoms with E-state index in [2.05, 4.69) is 5.32 Å². The Morgan fingerprint density at radius 1 is 1.43 bits per heavy atom. The molecule has 0 aromatic heterocycles. The molecule has 2 heteroatoms. The lowest BCUT2D eigenvalue weighted by Crippen LogP contribution is -2.16. The minimum atomic E-state index is -0.140. The fourth-order valence-electron chi connectivity index (χ4n) is 1.56. The molecule has 0 unspecified atom stereocenters. The van der Waals surface area contributed by atoms with Gasteiger partial charge in [-0.25, -0.2) is 4.39 Å². The molecule has 1 aromatic rings. The van der Waals surface area contributed by atoms with Gasteiger partial charge in [-0.1, -0.05) is 6.07 Å². The first-order valence-corrected chi connectivity index (χ1v) is 5.21. The topological polar surface area (TPSA) is 12.0 Å². The van der Waals surface area contributed by atoms with E-state index < -0.39 is 0 Å². The van der Waals surface area contributed by atoms with Gasteiger partial charge in [0.25, 0.3) is 0 Å². The third kappa shape index (κ3) is 2.55. The van der Waals surface area contributed by atoms with Crippen molar-refractivity contribution in [2.75, 3.05) is 6.54 Å². The number of benzene rings is 1. The van der Waals surface area contributed by atoms with E-state index in [4.69, 9.17) is 0 Å². The average Bonchev–Trinajstić information content (AvgIpc) is 2.95. The van der Waals surface area contributed by atoms with Crippen molar-refractivity contribution in [2.45, 2.75) is 26.3 Å². The van der Waals surface area contributed by atoms with Crippen LogP contribution in [-0.4, -0.2) is 6.54 Å². The van der Waals surface area contributed by atoms with Gasteiger partial charge in [-0.2, -0.15) is 0 Å². The second-order valence-corrected chi connectivity index (χ2v) is 4.15. The van der Waals surface area contributed by atoms with Gasteiger partial charge in [0.15, 0.2) is 0 Å². The first-order chi connectivity index (χ1) is 6.75. The Morgan fingerprint density at radius 2 is 2.21 bits per heavy atom. The van der Waals surface area contributed by atoms with E-state index in [0.717, 1.165) is 30.1 Å². The SMILES string of the molecule is Cc1ccc(F)cc1CNCC1CC1. The Balaban J connectivity index is 1.89. The molecule has 1 saturated carbocycles. The lowest BCUT2D eigenvalue weighted by molar-refractivity contribution is 0.611. The highest BCUT2D eigenvalue weighted by Crippen LogP contribution is 2.27. The Bertz CT molecular complexity index is 318. The summed E-state index contributed by atoms with van der Waals surface area (Å²) < 4.78 is 12.9. The number of rotatable bonds is 4. The first-order valence-electron chi connectivity index (χ1n) is 5.21. The van der Waals surface area contributed by atoms with Crippen LogP contribution >= 0.6 is 0 Å². The largest absolute Gasteiger partial charge is 0.312 e. The van der Waals surface area contributed by atoms with Gasteiger partial charge >= 0.3 is 0 Å². The lowest BCUT2D eigenvalue weighted by atomic mass is 10.1. The highest BCUT2D eigenvalue weighted by molar-refractivity contribution is 5.26. The Labute approximate surface area is 84.3 Å². The second-order valence-electron chi connectivity index (χ2n) is 4.15. The predicted octanol–water partition coefficient (Wildman–Crippen LogP) is 2.63. The summed E-state index contributed by atoms with van der Waals surface area (Å²) in [6.45, 7) is 3.89. The van der Waals surface area contributed by atoms with Crippen LogP contribution in [0, 0.1) is 18.7 Å². The van der Waals surface area contributed by atoms with E-state index in [1.807, 2.05) is 13.0 Å². The van der Waals surface area contributed by atoms with Crippen LogP contribution in [0.2, 0.25) is 0 Å². The molecule has 0 aliphatic heterocycles. The maximum Gasteiger partial charge on any atom is 0.123 e. The molecule has 1 fully saturated rings. The molecule has 0 heterocycles. The summed E-state index contributed by atoms with van der Waals surface area (Å²) in [6, 6.07) is 4.97. The zero-order chi connectivity index (χ0) is 9.97. The molecular weight excluding hydrogens is 177 g/mol. The third-order valence-corrected chi connectivity index (χ3v) is 2.76. The van der Waals surface area contributed by atoms with Crippen LogP contribution in [0.4, 0.5) is 4.39 Å². The standard InChI is InChI=1S/C12H16FN/c1-9-2-5-12(13)6-11(9)8-14-7-10-3-4-10/h2,5-6,10,14H,3-4,7-8H2,1H3. The van der Waals surface area contributed by atoms with Crippen LogP contribution in [-0.2, 0) is 6.54 Å². The quantitative estimate of drug-likeness (QED) is 0.775. The van der Waals surface area contributed by atoms with E-state index in [-0.39, 0.29) is 5.82 Å². The Kier molecular flexibility index (Phi) is 2.82. The van der Waals surface area contributed by atoms with Gasteiger partial charge in [0.05, 0.1) is 0 Å². The van der Waals surface area contributed by atoms with Crippen molar-refractivity contribution in [1.82, 2.24) is 5.32 Å². The molecule has 1 aromatic carbocycles. The highest BCUT2D eigenvalue weighted by Gasteiger charge is 2.20. The minimum Gasteiger partial charge on any atom is -0.312 e. The van der Waals surface area contributed by atoms with Crippen LogP contribution in [0.15, 0.2) is 18.2 Å². The molecule has 0 amide bonds. The summed E-state index contributed by atoms with van der Waals surface area (Å²) in [5.74, 6) is 0.739.